The number of ketones is 1. The number of aromatic nitrogens is 1. The van der Waals surface area contributed by atoms with Crippen molar-refractivity contribution in [3.8, 4) is 0 Å². The van der Waals surface area contributed by atoms with Gasteiger partial charge in [-0.3, -0.25) is 14.6 Å². The first kappa shape index (κ1) is 11.8. The Hall–Kier alpha value is -1.23. The molecule has 0 fully saturated rings. The van der Waals surface area contributed by atoms with Crippen molar-refractivity contribution in [2.75, 3.05) is 0 Å². The Morgan fingerprint density at radius 2 is 2.20 bits per heavy atom. The summed E-state index contributed by atoms with van der Waals surface area (Å²) in [5.41, 5.74) is 0.152. The van der Waals surface area contributed by atoms with Gasteiger partial charge >= 0.3 is 5.97 Å². The largest absolute Gasteiger partial charge is 0.480 e. The summed E-state index contributed by atoms with van der Waals surface area (Å²) in [6, 6.07) is 4.81. The van der Waals surface area contributed by atoms with Crippen LogP contribution in [0.2, 0.25) is 0 Å². The van der Waals surface area contributed by atoms with E-state index in [1.165, 1.54) is 12.3 Å². The molecule has 0 aromatic carbocycles. The van der Waals surface area contributed by atoms with Gasteiger partial charge < -0.3 is 5.11 Å². The number of nitrogens with zero attached hydrogens (tertiary/aromatic N) is 1. The van der Waals surface area contributed by atoms with Crippen LogP contribution in [0.1, 0.15) is 23.8 Å². The second kappa shape index (κ2) is 4.53. The minimum absolute atomic E-state index is 0.152. The molecule has 1 aromatic heterocycles. The molecule has 15 heavy (non-hydrogen) atoms. The lowest BCUT2D eigenvalue weighted by atomic mass is 9.98. The normalized spacial score (nSPS) is 14.3. The van der Waals surface area contributed by atoms with Crippen LogP contribution < -0.4 is 0 Å². The molecule has 1 N–H and O–H groups in total. The van der Waals surface area contributed by atoms with Crippen LogP contribution >= 0.6 is 15.9 Å². The summed E-state index contributed by atoms with van der Waals surface area (Å²) in [5, 5.41) is 8.97. The van der Waals surface area contributed by atoms with Gasteiger partial charge in [-0.25, -0.2) is 0 Å². The van der Waals surface area contributed by atoms with Gasteiger partial charge in [0.1, 0.15) is 5.69 Å². The average Bonchev–Trinajstić information content (AvgIpc) is 2.28. The molecule has 0 radical (unpaired) electrons. The van der Waals surface area contributed by atoms with E-state index >= 15 is 0 Å². The zero-order valence-electron chi connectivity index (χ0n) is 8.11. The molecule has 0 spiro atoms. The van der Waals surface area contributed by atoms with Gasteiger partial charge in [-0.2, -0.15) is 0 Å². The van der Waals surface area contributed by atoms with Crippen molar-refractivity contribution in [1.82, 2.24) is 4.98 Å². The van der Waals surface area contributed by atoms with Gasteiger partial charge in [0.25, 0.3) is 0 Å². The number of rotatable bonds is 4. The third-order valence-corrected chi connectivity index (χ3v) is 3.34. The first-order valence-corrected chi connectivity index (χ1v) is 5.19. The fourth-order valence-corrected chi connectivity index (χ4v) is 1.31. The van der Waals surface area contributed by atoms with E-state index in [1.807, 2.05) is 0 Å². The maximum Gasteiger partial charge on any atom is 0.328 e. The van der Waals surface area contributed by atoms with E-state index in [0.29, 0.717) is 0 Å². The lowest BCUT2D eigenvalue weighted by molar-refractivity contribution is -0.138. The number of carboxylic acid groups (broad SMARTS) is 1. The third-order valence-electron chi connectivity index (χ3n) is 2.08. The molecule has 1 aromatic rings. The Labute approximate surface area is 95.5 Å². The SMILES string of the molecule is CCC(Br)(C(=O)O)C(=O)c1ccccn1. The summed E-state index contributed by atoms with van der Waals surface area (Å²) in [7, 11) is 0. The van der Waals surface area contributed by atoms with E-state index in [4.69, 9.17) is 5.11 Å². The van der Waals surface area contributed by atoms with Crippen LogP contribution in [0.15, 0.2) is 24.4 Å². The highest BCUT2D eigenvalue weighted by Crippen LogP contribution is 2.26. The number of halogens is 1. The van der Waals surface area contributed by atoms with Crippen molar-refractivity contribution in [2.45, 2.75) is 17.7 Å². The minimum Gasteiger partial charge on any atom is -0.480 e. The molecule has 1 rings (SSSR count). The smallest absolute Gasteiger partial charge is 0.328 e. The van der Waals surface area contributed by atoms with Crippen molar-refractivity contribution in [2.24, 2.45) is 0 Å². The zero-order valence-corrected chi connectivity index (χ0v) is 9.69. The Bertz CT molecular complexity index is 380. The van der Waals surface area contributed by atoms with Gasteiger partial charge in [-0.15, -0.1) is 0 Å². The van der Waals surface area contributed by atoms with Gasteiger partial charge in [0.05, 0.1) is 0 Å². The van der Waals surface area contributed by atoms with E-state index < -0.39 is 16.1 Å². The highest BCUT2D eigenvalue weighted by atomic mass is 79.9. The number of pyridine rings is 1. The van der Waals surface area contributed by atoms with Crippen LogP contribution in [0.3, 0.4) is 0 Å². The predicted octanol–water partition coefficient (Wildman–Crippen LogP) is 1.89. The summed E-state index contributed by atoms with van der Waals surface area (Å²) in [5.74, 6) is -1.72. The second-order valence-electron chi connectivity index (χ2n) is 3.00. The van der Waals surface area contributed by atoms with Crippen molar-refractivity contribution >= 4 is 27.7 Å². The number of hydrogen-bond acceptors (Lipinski definition) is 3. The number of carbonyl (C=O) groups excluding carboxylic acids is 1. The molecule has 1 heterocycles. The Morgan fingerprint density at radius 1 is 1.53 bits per heavy atom. The van der Waals surface area contributed by atoms with Crippen LogP contribution in [-0.4, -0.2) is 26.2 Å². The Morgan fingerprint density at radius 3 is 2.60 bits per heavy atom. The van der Waals surface area contributed by atoms with Crippen molar-refractivity contribution in [3.63, 3.8) is 0 Å². The molecule has 0 saturated heterocycles. The quantitative estimate of drug-likeness (QED) is 0.516. The first-order chi connectivity index (χ1) is 7.02. The molecule has 0 aliphatic carbocycles. The number of alkyl halides is 1. The molecular weight excluding hydrogens is 262 g/mol. The van der Waals surface area contributed by atoms with Crippen molar-refractivity contribution < 1.29 is 14.7 Å². The molecule has 0 aliphatic heterocycles. The molecular formula is C10H10BrNO3. The molecule has 0 bridgehead atoms. The lowest BCUT2D eigenvalue weighted by Crippen LogP contribution is -2.40. The van der Waals surface area contributed by atoms with Crippen LogP contribution in [0.5, 0.6) is 0 Å². The van der Waals surface area contributed by atoms with Gasteiger partial charge in [-0.05, 0) is 18.6 Å². The van der Waals surface area contributed by atoms with Gasteiger partial charge in [0.2, 0.25) is 5.78 Å². The highest BCUT2D eigenvalue weighted by molar-refractivity contribution is 9.10. The van der Waals surface area contributed by atoms with Crippen molar-refractivity contribution in [3.05, 3.63) is 30.1 Å². The summed E-state index contributed by atoms with van der Waals surface area (Å²) < 4.78 is -1.57. The standard InChI is InChI=1S/C10H10BrNO3/c1-2-10(11,9(14)15)8(13)7-5-3-4-6-12-7/h3-6H,2H2,1H3,(H,14,15). The summed E-state index contributed by atoms with van der Waals surface area (Å²) in [4.78, 5) is 26.7. The molecule has 1 unspecified atom stereocenters. The number of aliphatic carboxylic acids is 1. The summed E-state index contributed by atoms with van der Waals surface area (Å²) >= 11 is 2.96. The monoisotopic (exact) mass is 271 g/mol. The maximum absolute atomic E-state index is 11.8. The van der Waals surface area contributed by atoms with E-state index in [-0.39, 0.29) is 12.1 Å². The van der Waals surface area contributed by atoms with Gasteiger partial charge in [-0.1, -0.05) is 28.9 Å². The number of carboxylic acids is 1. The lowest BCUT2D eigenvalue weighted by Gasteiger charge is -2.18. The number of carbonyl (C=O) groups is 2. The average molecular weight is 272 g/mol. The van der Waals surface area contributed by atoms with E-state index in [0.717, 1.165) is 0 Å². The predicted molar refractivity (Wildman–Crippen MR) is 58.2 cm³/mol. The van der Waals surface area contributed by atoms with E-state index in [9.17, 15) is 9.59 Å². The fraction of sp³-hybridized carbons (Fsp3) is 0.300. The van der Waals surface area contributed by atoms with Crippen LogP contribution in [0, 0.1) is 0 Å². The van der Waals surface area contributed by atoms with Crippen LogP contribution in [0.4, 0.5) is 0 Å². The Balaban J connectivity index is 3.08. The van der Waals surface area contributed by atoms with E-state index in [1.54, 1.807) is 19.1 Å². The van der Waals surface area contributed by atoms with E-state index in [2.05, 4.69) is 20.9 Å². The zero-order chi connectivity index (χ0) is 11.5. The third kappa shape index (κ3) is 2.23. The number of Topliss-reactive ketones (excluding diaryl/α,β-unsaturated/α-hetero) is 1. The maximum atomic E-state index is 11.8. The van der Waals surface area contributed by atoms with Crippen molar-refractivity contribution in [1.29, 1.82) is 0 Å². The molecule has 0 aliphatic rings. The minimum atomic E-state index is -1.57. The van der Waals surface area contributed by atoms with Crippen LogP contribution in [0.25, 0.3) is 0 Å². The molecule has 4 nitrogen and oxygen atoms in total. The van der Waals surface area contributed by atoms with Gasteiger partial charge in [0, 0.05) is 6.20 Å². The van der Waals surface area contributed by atoms with Crippen LogP contribution in [-0.2, 0) is 4.79 Å². The highest BCUT2D eigenvalue weighted by Gasteiger charge is 2.42. The van der Waals surface area contributed by atoms with Gasteiger partial charge in [0.15, 0.2) is 4.32 Å². The molecule has 0 amide bonds. The first-order valence-electron chi connectivity index (χ1n) is 4.40. The molecule has 1 atom stereocenters. The summed E-state index contributed by atoms with van der Waals surface area (Å²) in [6.45, 7) is 1.63. The number of hydrogen-bond donors (Lipinski definition) is 1. The summed E-state index contributed by atoms with van der Waals surface area (Å²) in [6.07, 6.45) is 1.62. The molecule has 0 saturated carbocycles. The topological polar surface area (TPSA) is 67.3 Å². The Kier molecular flexibility index (Phi) is 3.57. The fourth-order valence-electron chi connectivity index (χ4n) is 1.11. The second-order valence-corrected chi connectivity index (χ2v) is 4.36. The molecule has 80 valence electrons. The molecule has 5 heteroatoms.